The molecule has 2 rings (SSSR count). The molecule has 1 saturated heterocycles. The summed E-state index contributed by atoms with van der Waals surface area (Å²) in [5.74, 6) is -4.60. The highest BCUT2D eigenvalue weighted by atomic mass is 32.1. The molecule has 2 atom stereocenters. The zero-order chi connectivity index (χ0) is 16.7. The van der Waals surface area contributed by atoms with Crippen LogP contribution < -0.4 is 0 Å². The van der Waals surface area contributed by atoms with Crippen molar-refractivity contribution < 1.29 is 23.1 Å². The molecule has 1 fully saturated rings. The van der Waals surface area contributed by atoms with E-state index < -0.39 is 24.0 Å². The summed E-state index contributed by atoms with van der Waals surface area (Å²) in [6.45, 7) is 5.93. The highest BCUT2D eigenvalue weighted by Gasteiger charge is 2.52. The van der Waals surface area contributed by atoms with Gasteiger partial charge in [-0.25, -0.2) is 4.98 Å². The first-order valence-electron chi connectivity index (χ1n) is 6.95. The minimum absolute atomic E-state index is 0.0933. The Hall–Kier alpha value is -1.15. The van der Waals surface area contributed by atoms with E-state index in [0.29, 0.717) is 0 Å². The van der Waals surface area contributed by atoms with Gasteiger partial charge in [0.2, 0.25) is 0 Å². The molecule has 1 N–H and O–H groups in total. The van der Waals surface area contributed by atoms with Crippen molar-refractivity contribution in [3.05, 3.63) is 16.1 Å². The third-order valence-corrected chi connectivity index (χ3v) is 4.65. The fourth-order valence-corrected chi connectivity index (χ4v) is 3.58. The van der Waals surface area contributed by atoms with E-state index in [2.05, 4.69) is 4.98 Å². The van der Waals surface area contributed by atoms with Gasteiger partial charge in [0.25, 0.3) is 0 Å². The van der Waals surface area contributed by atoms with Crippen LogP contribution in [0.25, 0.3) is 0 Å². The number of rotatable bonds is 3. The van der Waals surface area contributed by atoms with Crippen LogP contribution in [0, 0.1) is 11.8 Å². The number of hydrogen-bond acceptors (Lipinski definition) is 4. The fraction of sp³-hybridized carbons (Fsp3) is 0.714. The van der Waals surface area contributed by atoms with Crippen LogP contribution >= 0.6 is 11.3 Å². The summed E-state index contributed by atoms with van der Waals surface area (Å²) in [5, 5.41) is 11.6. The lowest BCUT2D eigenvalue weighted by Gasteiger charge is -2.18. The Labute approximate surface area is 131 Å². The maximum Gasteiger partial charge on any atom is 0.393 e. The van der Waals surface area contributed by atoms with Crippen LogP contribution in [-0.2, 0) is 16.8 Å². The molecule has 1 aromatic heterocycles. The number of aliphatic carboxylic acids is 1. The maximum atomic E-state index is 12.9. The lowest BCUT2D eigenvalue weighted by molar-refractivity contribution is -0.188. The van der Waals surface area contributed by atoms with E-state index in [0.717, 1.165) is 10.7 Å². The molecule has 2 heterocycles. The Morgan fingerprint density at radius 1 is 1.41 bits per heavy atom. The minimum Gasteiger partial charge on any atom is -0.481 e. The molecule has 8 heteroatoms. The van der Waals surface area contributed by atoms with Gasteiger partial charge in [-0.05, 0) is 0 Å². The summed E-state index contributed by atoms with van der Waals surface area (Å²) in [5.41, 5.74) is 0.784. The molecule has 1 aromatic rings. The first-order valence-corrected chi connectivity index (χ1v) is 7.83. The third kappa shape index (κ3) is 3.78. The average Bonchev–Trinajstić information content (AvgIpc) is 2.94. The van der Waals surface area contributed by atoms with E-state index in [1.54, 1.807) is 0 Å². The predicted molar refractivity (Wildman–Crippen MR) is 76.8 cm³/mol. The highest BCUT2D eigenvalue weighted by Crippen LogP contribution is 2.38. The number of carboxylic acid groups (broad SMARTS) is 1. The lowest BCUT2D eigenvalue weighted by Crippen LogP contribution is -2.33. The van der Waals surface area contributed by atoms with E-state index in [9.17, 15) is 18.0 Å². The number of nitrogens with zero attached hydrogens (tertiary/aromatic N) is 2. The number of aromatic nitrogens is 1. The molecular formula is C14H19F3N2O2S. The van der Waals surface area contributed by atoms with Gasteiger partial charge < -0.3 is 5.11 Å². The Bertz CT molecular complexity index is 551. The molecule has 0 spiro atoms. The summed E-state index contributed by atoms with van der Waals surface area (Å²) in [6, 6.07) is 0. The van der Waals surface area contributed by atoms with Gasteiger partial charge in [-0.3, -0.25) is 9.69 Å². The summed E-state index contributed by atoms with van der Waals surface area (Å²) in [6.07, 6.45) is -4.49. The van der Waals surface area contributed by atoms with Crippen LogP contribution in [0.15, 0.2) is 5.38 Å². The smallest absolute Gasteiger partial charge is 0.393 e. The molecule has 4 nitrogen and oxygen atoms in total. The topological polar surface area (TPSA) is 53.4 Å². The number of thiazole rings is 1. The van der Waals surface area contributed by atoms with E-state index in [-0.39, 0.29) is 25.0 Å². The largest absolute Gasteiger partial charge is 0.481 e. The van der Waals surface area contributed by atoms with E-state index in [4.69, 9.17) is 5.11 Å². The fourth-order valence-electron chi connectivity index (χ4n) is 2.52. The van der Waals surface area contributed by atoms with Gasteiger partial charge in [0.05, 0.1) is 24.1 Å². The second-order valence-corrected chi connectivity index (χ2v) is 7.61. The zero-order valence-electron chi connectivity index (χ0n) is 12.6. The normalized spacial score (nSPS) is 23.9. The molecule has 22 heavy (non-hydrogen) atoms. The number of carbonyl (C=O) groups is 1. The second kappa shape index (κ2) is 5.81. The molecule has 0 aliphatic carbocycles. The Balaban J connectivity index is 2.08. The van der Waals surface area contributed by atoms with Crippen molar-refractivity contribution in [1.82, 2.24) is 9.88 Å². The maximum absolute atomic E-state index is 12.9. The van der Waals surface area contributed by atoms with Crippen molar-refractivity contribution in [2.45, 2.75) is 38.9 Å². The third-order valence-electron chi connectivity index (χ3n) is 3.81. The zero-order valence-corrected chi connectivity index (χ0v) is 13.5. The van der Waals surface area contributed by atoms with Crippen molar-refractivity contribution in [2.75, 3.05) is 13.1 Å². The minimum atomic E-state index is -4.49. The summed E-state index contributed by atoms with van der Waals surface area (Å²) in [7, 11) is 0. The van der Waals surface area contributed by atoms with Crippen LogP contribution in [0.4, 0.5) is 13.2 Å². The van der Waals surface area contributed by atoms with Crippen LogP contribution in [0.3, 0.4) is 0 Å². The molecule has 1 aliphatic heterocycles. The van der Waals surface area contributed by atoms with Crippen molar-refractivity contribution in [2.24, 2.45) is 11.8 Å². The summed E-state index contributed by atoms with van der Waals surface area (Å²) < 4.78 is 38.8. The Morgan fingerprint density at radius 3 is 2.45 bits per heavy atom. The van der Waals surface area contributed by atoms with Crippen LogP contribution in [0.5, 0.6) is 0 Å². The Kier molecular flexibility index (Phi) is 4.54. The van der Waals surface area contributed by atoms with E-state index in [1.165, 1.54) is 16.2 Å². The molecule has 0 amide bonds. The summed E-state index contributed by atoms with van der Waals surface area (Å²) >= 11 is 1.40. The van der Waals surface area contributed by atoms with Gasteiger partial charge in [-0.2, -0.15) is 13.2 Å². The number of hydrogen-bond donors (Lipinski definition) is 1. The monoisotopic (exact) mass is 336 g/mol. The Morgan fingerprint density at radius 2 is 2.05 bits per heavy atom. The number of carboxylic acids is 1. The van der Waals surface area contributed by atoms with Crippen LogP contribution in [0.1, 0.15) is 31.5 Å². The van der Waals surface area contributed by atoms with Crippen LogP contribution in [0.2, 0.25) is 0 Å². The second-order valence-electron chi connectivity index (χ2n) is 6.66. The van der Waals surface area contributed by atoms with Gasteiger partial charge in [0.15, 0.2) is 0 Å². The van der Waals surface area contributed by atoms with Gasteiger partial charge in [-0.15, -0.1) is 11.3 Å². The molecule has 0 aromatic carbocycles. The first-order chi connectivity index (χ1) is 9.98. The van der Waals surface area contributed by atoms with Crippen molar-refractivity contribution in [1.29, 1.82) is 0 Å². The summed E-state index contributed by atoms with van der Waals surface area (Å²) in [4.78, 5) is 17.0. The lowest BCUT2D eigenvalue weighted by atomic mass is 9.93. The van der Waals surface area contributed by atoms with Crippen LogP contribution in [-0.4, -0.2) is 40.2 Å². The van der Waals surface area contributed by atoms with Crippen molar-refractivity contribution in [3.63, 3.8) is 0 Å². The number of halogens is 3. The van der Waals surface area contributed by atoms with E-state index >= 15 is 0 Å². The van der Waals surface area contributed by atoms with Gasteiger partial charge in [0, 0.05) is 23.9 Å². The molecule has 0 unspecified atom stereocenters. The quantitative estimate of drug-likeness (QED) is 0.921. The van der Waals surface area contributed by atoms with E-state index in [1.807, 2.05) is 26.2 Å². The number of likely N-dealkylation sites (tertiary alicyclic amines) is 1. The highest BCUT2D eigenvalue weighted by molar-refractivity contribution is 7.09. The average molecular weight is 336 g/mol. The molecule has 0 radical (unpaired) electrons. The molecule has 124 valence electrons. The predicted octanol–water partition coefficient (Wildman–Crippen LogP) is 3.14. The van der Waals surface area contributed by atoms with Gasteiger partial charge in [-0.1, -0.05) is 20.8 Å². The van der Waals surface area contributed by atoms with Gasteiger partial charge >= 0.3 is 12.1 Å². The molecule has 0 saturated carbocycles. The SMILES string of the molecule is CC(C)(C)c1csc(CN2C[C@@H](C(F)(F)F)[C@H](C(=O)O)C2)n1. The molecule has 0 bridgehead atoms. The molecule has 1 aliphatic rings. The first kappa shape index (κ1) is 17.2. The molecular weight excluding hydrogens is 317 g/mol. The standard InChI is InChI=1S/C14H19F3N2O2S/c1-13(2,3)10-7-22-11(18-10)6-19-4-8(12(20)21)9(5-19)14(15,16)17/h7-9H,4-6H2,1-3H3,(H,20,21)/t8-,9-/m1/s1. The van der Waals surface area contributed by atoms with Crippen molar-refractivity contribution >= 4 is 17.3 Å². The van der Waals surface area contributed by atoms with Gasteiger partial charge in [0.1, 0.15) is 5.01 Å². The van der Waals surface area contributed by atoms with Crippen molar-refractivity contribution in [3.8, 4) is 0 Å². The number of alkyl halides is 3.